The van der Waals surface area contributed by atoms with Gasteiger partial charge in [0.1, 0.15) is 0 Å². The van der Waals surface area contributed by atoms with Crippen LogP contribution >= 0.6 is 0 Å². The molecule has 1 aromatic carbocycles. The summed E-state index contributed by atoms with van der Waals surface area (Å²) < 4.78 is 0. The van der Waals surface area contributed by atoms with Crippen molar-refractivity contribution in [1.29, 1.82) is 0 Å². The van der Waals surface area contributed by atoms with Gasteiger partial charge in [0.25, 0.3) is 11.9 Å². The minimum Gasteiger partial charge on any atom is -1.00 e. The predicted molar refractivity (Wildman–Crippen MR) is 101 cm³/mol. The molecular formula is C18H34Cl2N6. The number of rotatable bonds is 6. The maximum atomic E-state index is 4.71. The Kier molecular flexibility index (Phi) is 15.3. The molecule has 0 spiro atoms. The van der Waals surface area contributed by atoms with E-state index in [2.05, 4.69) is 58.5 Å². The number of hydrogen-bond donors (Lipinski definition) is 2. The monoisotopic (exact) mass is 404 g/mol. The van der Waals surface area contributed by atoms with Crippen LogP contribution in [-0.2, 0) is 13.1 Å². The molecule has 0 unspecified atom stereocenters. The van der Waals surface area contributed by atoms with Crippen LogP contribution < -0.4 is 35.4 Å². The molecule has 0 aliphatic carbocycles. The molecule has 0 fully saturated rings. The van der Waals surface area contributed by atoms with Crippen molar-refractivity contribution in [2.75, 3.05) is 41.3 Å². The lowest BCUT2D eigenvalue weighted by atomic mass is 10.1. The van der Waals surface area contributed by atoms with E-state index < -0.39 is 0 Å². The van der Waals surface area contributed by atoms with Gasteiger partial charge in [-0.25, -0.2) is 9.98 Å². The molecular weight excluding hydrogens is 371 g/mol. The maximum absolute atomic E-state index is 4.71. The Hall–Kier alpha value is -1.34. The van der Waals surface area contributed by atoms with Crippen molar-refractivity contribution in [1.82, 2.24) is 9.80 Å². The summed E-state index contributed by atoms with van der Waals surface area (Å²) in [4.78, 5) is 13.5. The first-order valence-electron chi connectivity index (χ1n) is 8.65. The topological polar surface area (TPSA) is 64.4 Å². The molecule has 0 aromatic heterocycles. The van der Waals surface area contributed by atoms with Crippen molar-refractivity contribution in [2.45, 2.75) is 26.9 Å². The second kappa shape index (κ2) is 14.8. The number of nitrogens with two attached hydrogens (primary N) is 2. The van der Waals surface area contributed by atoms with Crippen molar-refractivity contribution in [3.63, 3.8) is 0 Å². The fourth-order valence-corrected chi connectivity index (χ4v) is 2.31. The molecule has 26 heavy (non-hydrogen) atoms. The summed E-state index contributed by atoms with van der Waals surface area (Å²) >= 11 is 0. The van der Waals surface area contributed by atoms with Crippen molar-refractivity contribution in [3.8, 4) is 0 Å². The van der Waals surface area contributed by atoms with Crippen LogP contribution in [0.2, 0.25) is 0 Å². The average Bonchev–Trinajstić information content (AvgIpc) is 2.55. The van der Waals surface area contributed by atoms with E-state index in [1.54, 1.807) is 0 Å². The summed E-state index contributed by atoms with van der Waals surface area (Å²) in [6, 6.07) is 8.54. The molecule has 0 amide bonds. The van der Waals surface area contributed by atoms with Crippen LogP contribution in [0.1, 0.15) is 25.0 Å². The van der Waals surface area contributed by atoms with E-state index >= 15 is 0 Å². The zero-order valence-corrected chi connectivity index (χ0v) is 18.3. The van der Waals surface area contributed by atoms with Gasteiger partial charge in [0.2, 0.25) is 0 Å². The minimum atomic E-state index is 0. The largest absolute Gasteiger partial charge is 1.00 e. The molecule has 0 saturated heterocycles. The van der Waals surface area contributed by atoms with E-state index in [9.17, 15) is 0 Å². The molecule has 1 aromatic rings. The van der Waals surface area contributed by atoms with E-state index in [1.807, 2.05) is 28.2 Å². The van der Waals surface area contributed by atoms with E-state index in [-0.39, 0.29) is 24.8 Å². The summed E-state index contributed by atoms with van der Waals surface area (Å²) in [5, 5.41) is 4.30. The number of aliphatic imine (C=N–C) groups is 2. The van der Waals surface area contributed by atoms with Gasteiger partial charge >= 0.3 is 0 Å². The van der Waals surface area contributed by atoms with Crippen molar-refractivity contribution in [2.24, 2.45) is 9.98 Å². The van der Waals surface area contributed by atoms with Gasteiger partial charge < -0.3 is 34.6 Å². The van der Waals surface area contributed by atoms with Crippen molar-refractivity contribution < 1.29 is 35.4 Å². The Bertz CT molecular complexity index is 513. The average molecular weight is 405 g/mol. The summed E-state index contributed by atoms with van der Waals surface area (Å²) in [5.41, 5.74) is 2.44. The molecule has 8 heteroatoms. The predicted octanol–water partition coefficient (Wildman–Crippen LogP) is -6.30. The molecule has 0 saturated carbocycles. The molecule has 0 aliphatic rings. The van der Waals surface area contributed by atoms with Gasteiger partial charge in [-0.1, -0.05) is 24.3 Å². The number of benzene rings is 1. The zero-order valence-electron chi connectivity index (χ0n) is 16.8. The molecule has 4 N–H and O–H groups in total. The minimum absolute atomic E-state index is 0. The second-order valence-electron chi connectivity index (χ2n) is 6.18. The maximum Gasteiger partial charge on any atom is 0.296 e. The normalized spacial score (nSPS) is 11.5. The molecule has 0 aliphatic heterocycles. The van der Waals surface area contributed by atoms with Crippen LogP contribution in [0.4, 0.5) is 0 Å². The number of quaternary nitrogens is 2. The number of halogens is 2. The molecule has 0 radical (unpaired) electrons. The third-order valence-corrected chi connectivity index (χ3v) is 3.53. The summed E-state index contributed by atoms with van der Waals surface area (Å²) in [5.74, 6) is 2.07. The van der Waals surface area contributed by atoms with E-state index in [4.69, 9.17) is 9.98 Å². The highest BCUT2D eigenvalue weighted by atomic mass is 35.5. The molecule has 150 valence electrons. The Balaban J connectivity index is 0. The highest BCUT2D eigenvalue weighted by molar-refractivity contribution is 5.69. The Morgan fingerprint density at radius 3 is 1.50 bits per heavy atom. The van der Waals surface area contributed by atoms with Crippen molar-refractivity contribution >= 4 is 11.9 Å². The SMILES string of the molecule is CC[NH2+]C(=NCc1cccc(CN=C([NH2+]CC)N(C)C)c1)N(C)C.[Cl-].[Cl-]. The van der Waals surface area contributed by atoms with Crippen LogP contribution in [0.15, 0.2) is 34.3 Å². The quantitative estimate of drug-likeness (QED) is 0.366. The van der Waals surface area contributed by atoms with Crippen LogP contribution in [-0.4, -0.2) is 63.0 Å². The summed E-state index contributed by atoms with van der Waals surface area (Å²) in [7, 11) is 8.12. The Morgan fingerprint density at radius 2 is 1.19 bits per heavy atom. The lowest BCUT2D eigenvalue weighted by Gasteiger charge is -2.12. The molecule has 6 nitrogen and oxygen atoms in total. The molecule has 0 bridgehead atoms. The standard InChI is InChI=1S/C18H32N6.2ClH/c1-7-19-17(23(3)4)21-13-15-10-9-11-16(12-15)14-22-18(20-8-2)24(5)6;;/h9-12H,7-8,13-14H2,1-6H3,(H,19,21)(H,20,22);2*1H. The number of nitrogens with zero attached hydrogens (tertiary/aromatic N) is 4. The van der Waals surface area contributed by atoms with Gasteiger partial charge in [0, 0.05) is 28.2 Å². The third-order valence-electron chi connectivity index (χ3n) is 3.53. The number of hydrogen-bond acceptors (Lipinski definition) is 2. The van der Waals surface area contributed by atoms with Gasteiger partial charge in [0.15, 0.2) is 0 Å². The molecule has 0 atom stereocenters. The van der Waals surface area contributed by atoms with Gasteiger partial charge in [0.05, 0.1) is 26.2 Å². The molecule has 1 rings (SSSR count). The third kappa shape index (κ3) is 9.97. The highest BCUT2D eigenvalue weighted by Crippen LogP contribution is 2.08. The van der Waals surface area contributed by atoms with Crippen LogP contribution in [0.5, 0.6) is 0 Å². The van der Waals surface area contributed by atoms with Crippen LogP contribution in [0, 0.1) is 0 Å². The first kappa shape index (κ1) is 26.9. The fraction of sp³-hybridized carbons (Fsp3) is 0.556. The lowest BCUT2D eigenvalue weighted by molar-refractivity contribution is -0.545. The highest BCUT2D eigenvalue weighted by Gasteiger charge is 2.06. The van der Waals surface area contributed by atoms with Crippen LogP contribution in [0.3, 0.4) is 0 Å². The lowest BCUT2D eigenvalue weighted by Crippen LogP contribution is -3.00. The van der Waals surface area contributed by atoms with Crippen LogP contribution in [0.25, 0.3) is 0 Å². The van der Waals surface area contributed by atoms with Crippen molar-refractivity contribution in [3.05, 3.63) is 35.4 Å². The Labute approximate surface area is 171 Å². The van der Waals surface area contributed by atoms with E-state index in [0.29, 0.717) is 13.1 Å². The fourth-order valence-electron chi connectivity index (χ4n) is 2.31. The first-order chi connectivity index (χ1) is 11.5. The number of guanidine groups is 2. The summed E-state index contributed by atoms with van der Waals surface area (Å²) in [6.45, 7) is 7.65. The van der Waals surface area contributed by atoms with Gasteiger partial charge in [-0.05, 0) is 25.0 Å². The van der Waals surface area contributed by atoms with Gasteiger partial charge in [-0.15, -0.1) is 0 Å². The summed E-state index contributed by atoms with van der Waals surface area (Å²) in [6.07, 6.45) is 0. The van der Waals surface area contributed by atoms with Gasteiger partial charge in [-0.3, -0.25) is 10.6 Å². The smallest absolute Gasteiger partial charge is 0.296 e. The zero-order chi connectivity index (χ0) is 17.9. The Morgan fingerprint density at radius 1 is 0.808 bits per heavy atom. The van der Waals surface area contributed by atoms with E-state index in [0.717, 1.165) is 25.0 Å². The van der Waals surface area contributed by atoms with E-state index in [1.165, 1.54) is 11.1 Å². The first-order valence-corrected chi connectivity index (χ1v) is 8.65. The molecule has 0 heterocycles. The van der Waals surface area contributed by atoms with Gasteiger partial charge in [-0.2, -0.15) is 0 Å². The second-order valence-corrected chi connectivity index (χ2v) is 6.18.